The molecule has 0 radical (unpaired) electrons. The van der Waals surface area contributed by atoms with Crippen molar-refractivity contribution in [2.45, 2.75) is 32.4 Å². The van der Waals surface area contributed by atoms with Gasteiger partial charge in [0.15, 0.2) is 0 Å². The van der Waals surface area contributed by atoms with Gasteiger partial charge in [-0.15, -0.1) is 0 Å². The van der Waals surface area contributed by atoms with E-state index in [2.05, 4.69) is 0 Å². The number of halogens is 3. The van der Waals surface area contributed by atoms with E-state index in [9.17, 15) is 13.2 Å². The van der Waals surface area contributed by atoms with Crippen molar-refractivity contribution in [3.8, 4) is 0 Å². The maximum Gasteiger partial charge on any atom is 0.391 e. The highest BCUT2D eigenvalue weighted by Crippen LogP contribution is 2.41. The summed E-state index contributed by atoms with van der Waals surface area (Å²) in [5.41, 5.74) is 0. The zero-order valence-corrected chi connectivity index (χ0v) is 5.91. The van der Waals surface area contributed by atoms with Crippen LogP contribution in [0.1, 0.15) is 26.2 Å². The lowest BCUT2D eigenvalue weighted by Crippen LogP contribution is -2.19. The van der Waals surface area contributed by atoms with E-state index in [1.807, 2.05) is 6.92 Å². The average Bonchev–Trinajstić information content (AvgIpc) is 2.11. The number of alkyl halides is 3. The van der Waals surface area contributed by atoms with Gasteiger partial charge in [-0.05, 0) is 18.8 Å². The van der Waals surface area contributed by atoms with Gasteiger partial charge in [0.1, 0.15) is 0 Å². The van der Waals surface area contributed by atoms with Crippen molar-refractivity contribution < 1.29 is 13.2 Å². The van der Waals surface area contributed by atoms with Crippen molar-refractivity contribution in [2.24, 2.45) is 11.8 Å². The molecule has 1 aliphatic carbocycles. The van der Waals surface area contributed by atoms with Gasteiger partial charge in [0.2, 0.25) is 0 Å². The Hall–Kier alpha value is -0.210. The monoisotopic (exact) mass is 152 g/mol. The first-order chi connectivity index (χ1) is 4.50. The molecule has 0 nitrogen and oxygen atoms in total. The van der Waals surface area contributed by atoms with Crippen LogP contribution in [-0.2, 0) is 0 Å². The molecule has 0 aromatic carbocycles. The fourth-order valence-corrected chi connectivity index (χ4v) is 1.50. The van der Waals surface area contributed by atoms with Crippen molar-refractivity contribution in [2.75, 3.05) is 0 Å². The zero-order chi connectivity index (χ0) is 7.78. The quantitative estimate of drug-likeness (QED) is 0.500. The van der Waals surface area contributed by atoms with Gasteiger partial charge in [0.25, 0.3) is 0 Å². The molecule has 1 fully saturated rings. The Morgan fingerprint density at radius 2 is 1.80 bits per heavy atom. The minimum atomic E-state index is -3.94. The highest BCUT2D eigenvalue weighted by molar-refractivity contribution is 4.77. The summed E-state index contributed by atoms with van der Waals surface area (Å²) >= 11 is 0. The molecule has 3 heteroatoms. The molecule has 1 saturated carbocycles. The average molecular weight is 152 g/mol. The Labute approximate surface area is 58.4 Å². The molecule has 0 aromatic heterocycles. The SMILES string of the molecule is CC1CCC(C(F)(F)F)C1. The van der Waals surface area contributed by atoms with E-state index < -0.39 is 12.1 Å². The largest absolute Gasteiger partial charge is 0.391 e. The predicted molar refractivity (Wildman–Crippen MR) is 32.6 cm³/mol. The maximum atomic E-state index is 11.9. The molecule has 60 valence electrons. The molecule has 0 aliphatic heterocycles. The summed E-state index contributed by atoms with van der Waals surface area (Å²) in [6.45, 7) is 1.88. The summed E-state index contributed by atoms with van der Waals surface area (Å²) in [6, 6.07) is 0. The van der Waals surface area contributed by atoms with Gasteiger partial charge < -0.3 is 0 Å². The summed E-state index contributed by atoms with van der Waals surface area (Å²) in [5.74, 6) is -0.742. The lowest BCUT2D eigenvalue weighted by Gasteiger charge is -2.13. The Morgan fingerprint density at radius 3 is 2.00 bits per heavy atom. The highest BCUT2D eigenvalue weighted by Gasteiger charge is 2.42. The summed E-state index contributed by atoms with van der Waals surface area (Å²) in [6.07, 6.45) is -2.52. The Bertz CT molecular complexity index is 117. The summed E-state index contributed by atoms with van der Waals surface area (Å²) in [4.78, 5) is 0. The molecule has 0 heterocycles. The first-order valence-corrected chi connectivity index (χ1v) is 3.57. The fourth-order valence-electron chi connectivity index (χ4n) is 1.50. The molecule has 1 rings (SSSR count). The first kappa shape index (κ1) is 7.89. The van der Waals surface area contributed by atoms with Crippen molar-refractivity contribution in [1.82, 2.24) is 0 Å². The van der Waals surface area contributed by atoms with Gasteiger partial charge in [0.05, 0.1) is 5.92 Å². The molecule has 0 aromatic rings. The summed E-state index contributed by atoms with van der Waals surface area (Å²) in [7, 11) is 0. The van der Waals surface area contributed by atoms with Crippen molar-refractivity contribution in [1.29, 1.82) is 0 Å². The van der Waals surface area contributed by atoms with Crippen LogP contribution in [0, 0.1) is 11.8 Å². The smallest absolute Gasteiger partial charge is 0.171 e. The van der Waals surface area contributed by atoms with Gasteiger partial charge >= 0.3 is 6.18 Å². The molecular formula is C7H11F3. The molecule has 2 atom stereocenters. The Balaban J connectivity index is 2.45. The van der Waals surface area contributed by atoms with Crippen LogP contribution in [0.2, 0.25) is 0 Å². The van der Waals surface area contributed by atoms with Crippen LogP contribution >= 0.6 is 0 Å². The van der Waals surface area contributed by atoms with E-state index in [0.717, 1.165) is 6.42 Å². The topological polar surface area (TPSA) is 0 Å². The van der Waals surface area contributed by atoms with Crippen LogP contribution in [-0.4, -0.2) is 6.18 Å². The lowest BCUT2D eigenvalue weighted by atomic mass is 10.1. The minimum Gasteiger partial charge on any atom is -0.171 e. The van der Waals surface area contributed by atoms with Crippen LogP contribution in [0.25, 0.3) is 0 Å². The summed E-state index contributed by atoms with van der Waals surface area (Å²) in [5, 5.41) is 0. The number of hydrogen-bond donors (Lipinski definition) is 0. The van der Waals surface area contributed by atoms with Gasteiger partial charge in [-0.3, -0.25) is 0 Å². The standard InChI is InChI=1S/C7H11F3/c1-5-2-3-6(4-5)7(8,9)10/h5-6H,2-4H2,1H3. The van der Waals surface area contributed by atoms with Gasteiger partial charge in [-0.2, -0.15) is 13.2 Å². The third-order valence-electron chi connectivity index (χ3n) is 2.16. The molecule has 10 heavy (non-hydrogen) atoms. The number of rotatable bonds is 0. The van der Waals surface area contributed by atoms with Gasteiger partial charge in [0, 0.05) is 0 Å². The normalized spacial score (nSPS) is 34.8. The van der Waals surface area contributed by atoms with Crippen LogP contribution < -0.4 is 0 Å². The van der Waals surface area contributed by atoms with Crippen LogP contribution in [0.4, 0.5) is 13.2 Å². The second kappa shape index (κ2) is 2.44. The van der Waals surface area contributed by atoms with E-state index in [1.165, 1.54) is 0 Å². The van der Waals surface area contributed by atoms with Gasteiger partial charge in [-0.25, -0.2) is 0 Å². The molecule has 0 saturated heterocycles. The van der Waals surface area contributed by atoms with Crippen LogP contribution in [0.15, 0.2) is 0 Å². The molecule has 1 aliphatic rings. The van der Waals surface area contributed by atoms with Crippen molar-refractivity contribution >= 4 is 0 Å². The maximum absolute atomic E-state index is 11.9. The molecule has 0 spiro atoms. The molecule has 0 bridgehead atoms. The second-order valence-electron chi connectivity index (χ2n) is 3.16. The van der Waals surface area contributed by atoms with Crippen LogP contribution in [0.5, 0.6) is 0 Å². The van der Waals surface area contributed by atoms with E-state index in [1.54, 1.807) is 0 Å². The van der Waals surface area contributed by atoms with Crippen molar-refractivity contribution in [3.05, 3.63) is 0 Å². The number of hydrogen-bond acceptors (Lipinski definition) is 0. The minimum absolute atomic E-state index is 0.270. The third kappa shape index (κ3) is 1.64. The fraction of sp³-hybridized carbons (Fsp3) is 1.00. The third-order valence-corrected chi connectivity index (χ3v) is 2.16. The van der Waals surface area contributed by atoms with Crippen molar-refractivity contribution in [3.63, 3.8) is 0 Å². The summed E-state index contributed by atoms with van der Waals surface area (Å²) < 4.78 is 35.8. The molecule has 0 N–H and O–H groups in total. The molecule has 0 amide bonds. The highest BCUT2D eigenvalue weighted by atomic mass is 19.4. The van der Waals surface area contributed by atoms with E-state index in [0.29, 0.717) is 12.8 Å². The molecular weight excluding hydrogens is 141 g/mol. The van der Waals surface area contributed by atoms with E-state index in [4.69, 9.17) is 0 Å². The zero-order valence-electron chi connectivity index (χ0n) is 5.91. The predicted octanol–water partition coefficient (Wildman–Crippen LogP) is 2.98. The Morgan fingerprint density at radius 1 is 1.20 bits per heavy atom. The van der Waals surface area contributed by atoms with E-state index >= 15 is 0 Å². The lowest BCUT2D eigenvalue weighted by molar-refractivity contribution is -0.173. The van der Waals surface area contributed by atoms with Crippen LogP contribution in [0.3, 0.4) is 0 Å². The molecule has 2 unspecified atom stereocenters. The van der Waals surface area contributed by atoms with Gasteiger partial charge in [-0.1, -0.05) is 13.3 Å². The van der Waals surface area contributed by atoms with E-state index in [-0.39, 0.29) is 5.92 Å². The second-order valence-corrected chi connectivity index (χ2v) is 3.16. The Kier molecular flexibility index (Phi) is 1.92. The first-order valence-electron chi connectivity index (χ1n) is 3.57.